The topological polar surface area (TPSA) is 71.1 Å². The molecule has 23 heavy (non-hydrogen) atoms. The van der Waals surface area contributed by atoms with Gasteiger partial charge in [0.2, 0.25) is 0 Å². The minimum absolute atomic E-state index is 0.0109. The predicted molar refractivity (Wildman–Crippen MR) is 90.7 cm³/mol. The number of benzene rings is 1. The van der Waals surface area contributed by atoms with Gasteiger partial charge in [-0.25, -0.2) is 0 Å². The van der Waals surface area contributed by atoms with Crippen LogP contribution >= 0.6 is 0 Å². The Kier molecular flexibility index (Phi) is 5.11. The third-order valence-corrected chi connectivity index (χ3v) is 3.53. The van der Waals surface area contributed by atoms with E-state index in [0.29, 0.717) is 5.56 Å². The van der Waals surface area contributed by atoms with Crippen molar-refractivity contribution in [3.8, 4) is 0 Å². The van der Waals surface area contributed by atoms with Gasteiger partial charge >= 0.3 is 0 Å². The highest BCUT2D eigenvalue weighted by atomic mass is 16.2. The Balaban J connectivity index is 2.20. The summed E-state index contributed by atoms with van der Waals surface area (Å²) in [7, 11) is 0. The van der Waals surface area contributed by atoms with E-state index in [1.54, 1.807) is 6.07 Å². The van der Waals surface area contributed by atoms with Gasteiger partial charge in [-0.3, -0.25) is 14.6 Å². The Bertz CT molecular complexity index is 739. The second-order valence-electron chi connectivity index (χ2n) is 5.76. The predicted octanol–water partition coefficient (Wildman–Crippen LogP) is 3.09. The molecule has 0 aliphatic carbocycles. The van der Waals surface area contributed by atoms with E-state index in [2.05, 4.69) is 15.6 Å². The SMILES string of the molecule is Cc1cccc(NC(=O)c2ccnc(C(=O)NC(C)C)c2)c1C. The van der Waals surface area contributed by atoms with E-state index in [1.165, 1.54) is 12.3 Å². The fourth-order valence-corrected chi connectivity index (χ4v) is 2.11. The molecule has 1 aromatic heterocycles. The average molecular weight is 311 g/mol. The maximum absolute atomic E-state index is 12.4. The van der Waals surface area contributed by atoms with Gasteiger partial charge in [-0.15, -0.1) is 0 Å². The number of anilines is 1. The second kappa shape index (κ2) is 7.05. The first kappa shape index (κ1) is 16.7. The summed E-state index contributed by atoms with van der Waals surface area (Å²) < 4.78 is 0. The number of carbonyl (C=O) groups is 2. The molecule has 5 nitrogen and oxygen atoms in total. The van der Waals surface area contributed by atoms with Gasteiger partial charge in [0, 0.05) is 23.5 Å². The normalized spacial score (nSPS) is 10.5. The summed E-state index contributed by atoms with van der Waals surface area (Å²) in [5.41, 5.74) is 3.52. The third-order valence-electron chi connectivity index (χ3n) is 3.53. The molecule has 2 aromatic rings. The van der Waals surface area contributed by atoms with E-state index in [9.17, 15) is 9.59 Å². The molecule has 0 aliphatic rings. The fourth-order valence-electron chi connectivity index (χ4n) is 2.11. The number of aromatic nitrogens is 1. The van der Waals surface area contributed by atoms with Crippen molar-refractivity contribution in [2.24, 2.45) is 0 Å². The zero-order chi connectivity index (χ0) is 17.0. The van der Waals surface area contributed by atoms with Crippen LogP contribution in [0.2, 0.25) is 0 Å². The van der Waals surface area contributed by atoms with Crippen LogP contribution in [-0.4, -0.2) is 22.8 Å². The van der Waals surface area contributed by atoms with Gasteiger partial charge in [0.05, 0.1) is 0 Å². The molecule has 0 unspecified atom stereocenters. The molecule has 1 heterocycles. The number of pyridine rings is 1. The highest BCUT2D eigenvalue weighted by molar-refractivity contribution is 6.06. The molecule has 0 spiro atoms. The van der Waals surface area contributed by atoms with Crippen molar-refractivity contribution in [2.75, 3.05) is 5.32 Å². The molecule has 1 aromatic carbocycles. The van der Waals surface area contributed by atoms with Crippen molar-refractivity contribution < 1.29 is 9.59 Å². The molecular formula is C18H21N3O2. The van der Waals surface area contributed by atoms with E-state index < -0.39 is 0 Å². The van der Waals surface area contributed by atoms with Crippen LogP contribution in [0.25, 0.3) is 0 Å². The first-order chi connectivity index (χ1) is 10.9. The highest BCUT2D eigenvalue weighted by Gasteiger charge is 2.13. The maximum atomic E-state index is 12.4. The van der Waals surface area contributed by atoms with Gasteiger partial charge in [0.15, 0.2) is 0 Å². The molecule has 0 radical (unpaired) electrons. The van der Waals surface area contributed by atoms with Crippen LogP contribution in [0.1, 0.15) is 45.8 Å². The fraction of sp³-hybridized carbons (Fsp3) is 0.278. The highest BCUT2D eigenvalue weighted by Crippen LogP contribution is 2.19. The molecule has 0 saturated carbocycles. The average Bonchev–Trinajstić information content (AvgIpc) is 2.51. The van der Waals surface area contributed by atoms with E-state index in [-0.39, 0.29) is 23.6 Å². The Morgan fingerprint density at radius 1 is 1.09 bits per heavy atom. The number of aryl methyl sites for hydroxylation is 1. The quantitative estimate of drug-likeness (QED) is 0.911. The number of rotatable bonds is 4. The minimum Gasteiger partial charge on any atom is -0.349 e. The van der Waals surface area contributed by atoms with Gasteiger partial charge in [-0.2, -0.15) is 0 Å². The van der Waals surface area contributed by atoms with Crippen molar-refractivity contribution in [3.63, 3.8) is 0 Å². The molecule has 0 atom stereocenters. The summed E-state index contributed by atoms with van der Waals surface area (Å²) in [6.45, 7) is 7.69. The molecule has 0 aliphatic heterocycles. The molecular weight excluding hydrogens is 290 g/mol. The molecule has 5 heteroatoms. The maximum Gasteiger partial charge on any atom is 0.270 e. The van der Waals surface area contributed by atoms with Crippen LogP contribution in [-0.2, 0) is 0 Å². The van der Waals surface area contributed by atoms with E-state index in [4.69, 9.17) is 0 Å². The van der Waals surface area contributed by atoms with Gasteiger partial charge in [0.25, 0.3) is 11.8 Å². The van der Waals surface area contributed by atoms with E-state index in [1.807, 2.05) is 45.9 Å². The second-order valence-corrected chi connectivity index (χ2v) is 5.76. The zero-order valence-electron chi connectivity index (χ0n) is 13.8. The third kappa shape index (κ3) is 4.16. The molecule has 120 valence electrons. The van der Waals surface area contributed by atoms with E-state index >= 15 is 0 Å². The standard InChI is InChI=1S/C18H21N3O2/c1-11(2)20-18(23)16-10-14(8-9-19-16)17(22)21-15-7-5-6-12(3)13(15)4/h5-11H,1-4H3,(H,20,23)(H,21,22). The van der Waals surface area contributed by atoms with Crippen molar-refractivity contribution in [2.45, 2.75) is 33.7 Å². The van der Waals surface area contributed by atoms with Crippen LogP contribution in [0, 0.1) is 13.8 Å². The van der Waals surface area contributed by atoms with Crippen LogP contribution in [0.3, 0.4) is 0 Å². The Labute approximate surface area is 136 Å². The summed E-state index contributed by atoms with van der Waals surface area (Å²) in [4.78, 5) is 28.4. The van der Waals surface area contributed by atoms with Crippen LogP contribution in [0.5, 0.6) is 0 Å². The number of nitrogens with one attached hydrogen (secondary N) is 2. The minimum atomic E-state index is -0.290. The summed E-state index contributed by atoms with van der Waals surface area (Å²) in [6.07, 6.45) is 1.47. The molecule has 0 bridgehead atoms. The van der Waals surface area contributed by atoms with Gasteiger partial charge in [-0.1, -0.05) is 12.1 Å². The van der Waals surface area contributed by atoms with Crippen molar-refractivity contribution >= 4 is 17.5 Å². The van der Waals surface area contributed by atoms with Crippen molar-refractivity contribution in [1.29, 1.82) is 0 Å². The lowest BCUT2D eigenvalue weighted by molar-refractivity contribution is 0.0938. The smallest absolute Gasteiger partial charge is 0.270 e. The zero-order valence-corrected chi connectivity index (χ0v) is 13.8. The number of hydrogen-bond donors (Lipinski definition) is 2. The monoisotopic (exact) mass is 311 g/mol. The summed E-state index contributed by atoms with van der Waals surface area (Å²) in [5, 5.41) is 5.63. The van der Waals surface area contributed by atoms with Gasteiger partial charge in [0.1, 0.15) is 5.69 Å². The first-order valence-electron chi connectivity index (χ1n) is 7.53. The van der Waals surface area contributed by atoms with Crippen molar-refractivity contribution in [1.82, 2.24) is 10.3 Å². The molecule has 2 rings (SSSR count). The van der Waals surface area contributed by atoms with Gasteiger partial charge in [-0.05, 0) is 57.0 Å². The molecule has 2 N–H and O–H groups in total. The summed E-state index contributed by atoms with van der Waals surface area (Å²) in [6, 6.07) is 8.84. The summed E-state index contributed by atoms with van der Waals surface area (Å²) in [5.74, 6) is -0.555. The van der Waals surface area contributed by atoms with E-state index in [0.717, 1.165) is 16.8 Å². The molecule has 0 fully saturated rings. The summed E-state index contributed by atoms with van der Waals surface area (Å²) >= 11 is 0. The number of carbonyl (C=O) groups excluding carboxylic acids is 2. The Morgan fingerprint density at radius 3 is 2.52 bits per heavy atom. The van der Waals surface area contributed by atoms with Crippen LogP contribution in [0.4, 0.5) is 5.69 Å². The lowest BCUT2D eigenvalue weighted by Crippen LogP contribution is -2.31. The first-order valence-corrected chi connectivity index (χ1v) is 7.53. The number of hydrogen-bond acceptors (Lipinski definition) is 3. The molecule has 2 amide bonds. The number of nitrogens with zero attached hydrogens (tertiary/aromatic N) is 1. The Morgan fingerprint density at radius 2 is 1.83 bits per heavy atom. The Hall–Kier alpha value is -2.69. The number of amides is 2. The van der Waals surface area contributed by atoms with Crippen LogP contribution in [0.15, 0.2) is 36.5 Å². The van der Waals surface area contributed by atoms with Crippen molar-refractivity contribution in [3.05, 3.63) is 58.9 Å². The lowest BCUT2D eigenvalue weighted by Gasteiger charge is -2.11. The lowest BCUT2D eigenvalue weighted by atomic mass is 10.1. The van der Waals surface area contributed by atoms with Gasteiger partial charge < -0.3 is 10.6 Å². The largest absolute Gasteiger partial charge is 0.349 e. The van der Waals surface area contributed by atoms with Crippen LogP contribution < -0.4 is 10.6 Å². The molecule has 0 saturated heterocycles.